The van der Waals surface area contributed by atoms with Crippen LogP contribution in [-0.2, 0) is 6.54 Å². The predicted molar refractivity (Wildman–Crippen MR) is 104 cm³/mol. The molecule has 0 radical (unpaired) electrons. The van der Waals surface area contributed by atoms with Gasteiger partial charge < -0.3 is 15.1 Å². The van der Waals surface area contributed by atoms with Gasteiger partial charge in [0.2, 0.25) is 0 Å². The SMILES string of the molecule is O=C(NCc1ccccc1Cl)N1CCN(c2c(Cl)cccc2Cl)CC1. The fourth-order valence-corrected chi connectivity index (χ4v) is 3.69. The molecule has 2 aromatic carbocycles. The van der Waals surface area contributed by atoms with Crippen LogP contribution >= 0.6 is 34.8 Å². The molecule has 0 unspecified atom stereocenters. The summed E-state index contributed by atoms with van der Waals surface area (Å²) in [5.74, 6) is 0. The molecule has 1 saturated heterocycles. The van der Waals surface area contributed by atoms with Crippen molar-refractivity contribution in [2.24, 2.45) is 0 Å². The highest BCUT2D eigenvalue weighted by atomic mass is 35.5. The Balaban J connectivity index is 1.55. The minimum absolute atomic E-state index is 0.0928. The Morgan fingerprint density at radius 3 is 2.12 bits per heavy atom. The van der Waals surface area contributed by atoms with E-state index < -0.39 is 0 Å². The van der Waals surface area contributed by atoms with Crippen molar-refractivity contribution in [1.82, 2.24) is 10.2 Å². The number of hydrogen-bond acceptors (Lipinski definition) is 2. The van der Waals surface area contributed by atoms with E-state index in [0.717, 1.165) is 11.3 Å². The summed E-state index contributed by atoms with van der Waals surface area (Å²) in [6.45, 7) is 2.99. The van der Waals surface area contributed by atoms with Crippen LogP contribution in [0.4, 0.5) is 10.5 Å². The van der Waals surface area contributed by atoms with E-state index in [0.29, 0.717) is 47.8 Å². The van der Waals surface area contributed by atoms with Crippen LogP contribution in [0.3, 0.4) is 0 Å². The molecule has 1 aliphatic heterocycles. The van der Waals surface area contributed by atoms with E-state index >= 15 is 0 Å². The number of urea groups is 1. The van der Waals surface area contributed by atoms with Gasteiger partial charge in [-0.05, 0) is 23.8 Å². The molecule has 3 rings (SSSR count). The summed E-state index contributed by atoms with van der Waals surface area (Å²) in [5.41, 5.74) is 1.74. The van der Waals surface area contributed by atoms with E-state index in [1.807, 2.05) is 42.5 Å². The first-order valence-electron chi connectivity index (χ1n) is 8.01. The number of carbonyl (C=O) groups excluding carboxylic acids is 1. The standard InChI is InChI=1S/C18H18Cl3N3O/c19-14-5-2-1-4-13(14)12-22-18(25)24-10-8-23(9-11-24)17-15(20)6-3-7-16(17)21/h1-7H,8-12H2,(H,22,25). The average Bonchev–Trinajstić information content (AvgIpc) is 2.61. The first-order chi connectivity index (χ1) is 12.1. The van der Waals surface area contributed by atoms with Gasteiger partial charge in [0.25, 0.3) is 0 Å². The number of amides is 2. The maximum Gasteiger partial charge on any atom is 0.317 e. The molecule has 132 valence electrons. The van der Waals surface area contributed by atoms with E-state index in [1.165, 1.54) is 0 Å². The van der Waals surface area contributed by atoms with Gasteiger partial charge in [0.05, 0.1) is 15.7 Å². The zero-order valence-corrected chi connectivity index (χ0v) is 15.8. The molecule has 4 nitrogen and oxygen atoms in total. The number of halogens is 3. The minimum atomic E-state index is -0.0928. The molecule has 7 heteroatoms. The van der Waals surface area contributed by atoms with Crippen molar-refractivity contribution in [2.45, 2.75) is 6.54 Å². The first-order valence-corrected chi connectivity index (χ1v) is 9.15. The second-order valence-corrected chi connectivity index (χ2v) is 7.02. The zero-order valence-electron chi connectivity index (χ0n) is 13.5. The Bertz CT molecular complexity index is 741. The van der Waals surface area contributed by atoms with E-state index in [2.05, 4.69) is 10.2 Å². The molecule has 2 aromatic rings. The second-order valence-electron chi connectivity index (χ2n) is 5.79. The van der Waals surface area contributed by atoms with Crippen LogP contribution in [0.1, 0.15) is 5.56 Å². The highest BCUT2D eigenvalue weighted by Crippen LogP contribution is 2.33. The zero-order chi connectivity index (χ0) is 17.8. The van der Waals surface area contributed by atoms with E-state index in [4.69, 9.17) is 34.8 Å². The van der Waals surface area contributed by atoms with Gasteiger partial charge in [-0.2, -0.15) is 0 Å². The molecule has 0 aromatic heterocycles. The first kappa shape index (κ1) is 18.2. The Morgan fingerprint density at radius 1 is 0.880 bits per heavy atom. The third-order valence-electron chi connectivity index (χ3n) is 4.21. The van der Waals surface area contributed by atoms with Crippen molar-refractivity contribution in [3.8, 4) is 0 Å². The molecule has 0 spiro atoms. The number of benzene rings is 2. The normalized spacial score (nSPS) is 14.5. The Hall–Kier alpha value is -1.62. The van der Waals surface area contributed by atoms with Gasteiger partial charge in [0.15, 0.2) is 0 Å². The number of carbonyl (C=O) groups is 1. The topological polar surface area (TPSA) is 35.6 Å². The van der Waals surface area contributed by atoms with Crippen LogP contribution in [0, 0.1) is 0 Å². The van der Waals surface area contributed by atoms with Gasteiger partial charge in [0.1, 0.15) is 0 Å². The molecule has 1 heterocycles. The van der Waals surface area contributed by atoms with Gasteiger partial charge in [-0.3, -0.25) is 0 Å². The minimum Gasteiger partial charge on any atom is -0.366 e. The van der Waals surface area contributed by atoms with Crippen LogP contribution in [0.2, 0.25) is 15.1 Å². The van der Waals surface area contributed by atoms with Crippen molar-refractivity contribution < 1.29 is 4.79 Å². The fourth-order valence-electron chi connectivity index (χ4n) is 2.85. The van der Waals surface area contributed by atoms with Gasteiger partial charge in [0, 0.05) is 37.7 Å². The monoisotopic (exact) mass is 397 g/mol. The van der Waals surface area contributed by atoms with Crippen LogP contribution in [0.5, 0.6) is 0 Å². The number of hydrogen-bond donors (Lipinski definition) is 1. The van der Waals surface area contributed by atoms with Gasteiger partial charge in [-0.15, -0.1) is 0 Å². The lowest BCUT2D eigenvalue weighted by molar-refractivity contribution is 0.194. The van der Waals surface area contributed by atoms with E-state index in [9.17, 15) is 4.79 Å². The fraction of sp³-hybridized carbons (Fsp3) is 0.278. The number of nitrogens with one attached hydrogen (secondary N) is 1. The quantitative estimate of drug-likeness (QED) is 0.815. The molecule has 1 N–H and O–H groups in total. The van der Waals surface area contributed by atoms with Crippen molar-refractivity contribution in [1.29, 1.82) is 0 Å². The van der Waals surface area contributed by atoms with Crippen molar-refractivity contribution >= 4 is 46.5 Å². The third kappa shape index (κ3) is 4.32. The number of nitrogens with zero attached hydrogens (tertiary/aromatic N) is 2. The molecule has 0 aliphatic carbocycles. The Labute approximate surface area is 162 Å². The summed E-state index contributed by atoms with van der Waals surface area (Å²) in [7, 11) is 0. The van der Waals surface area contributed by atoms with Crippen molar-refractivity contribution in [3.63, 3.8) is 0 Å². The molecule has 0 bridgehead atoms. The molecule has 1 fully saturated rings. The van der Waals surface area contributed by atoms with Crippen LogP contribution in [0.15, 0.2) is 42.5 Å². The highest BCUT2D eigenvalue weighted by molar-refractivity contribution is 6.39. The lowest BCUT2D eigenvalue weighted by atomic mass is 10.2. The van der Waals surface area contributed by atoms with Crippen LogP contribution in [-0.4, -0.2) is 37.1 Å². The van der Waals surface area contributed by atoms with Gasteiger partial charge in [-0.1, -0.05) is 59.1 Å². The second kappa shape index (κ2) is 8.17. The lowest BCUT2D eigenvalue weighted by Crippen LogP contribution is -2.51. The maximum atomic E-state index is 12.4. The predicted octanol–water partition coefficient (Wildman–Crippen LogP) is 4.68. The number of rotatable bonds is 3. The number of para-hydroxylation sites is 1. The summed E-state index contributed by atoms with van der Waals surface area (Å²) in [6.07, 6.45) is 0. The summed E-state index contributed by atoms with van der Waals surface area (Å²) in [6, 6.07) is 12.9. The van der Waals surface area contributed by atoms with Gasteiger partial charge in [-0.25, -0.2) is 4.79 Å². The molecule has 0 saturated carbocycles. The number of piperazine rings is 1. The largest absolute Gasteiger partial charge is 0.366 e. The Kier molecular flexibility index (Phi) is 5.94. The van der Waals surface area contributed by atoms with Gasteiger partial charge >= 0.3 is 6.03 Å². The number of anilines is 1. The van der Waals surface area contributed by atoms with E-state index in [1.54, 1.807) is 4.90 Å². The lowest BCUT2D eigenvalue weighted by Gasteiger charge is -2.36. The molecular weight excluding hydrogens is 381 g/mol. The molecular formula is C18H18Cl3N3O. The van der Waals surface area contributed by atoms with Crippen molar-refractivity contribution in [3.05, 3.63) is 63.1 Å². The summed E-state index contributed by atoms with van der Waals surface area (Å²) < 4.78 is 0. The molecule has 1 aliphatic rings. The smallest absolute Gasteiger partial charge is 0.317 e. The Morgan fingerprint density at radius 2 is 1.48 bits per heavy atom. The van der Waals surface area contributed by atoms with Crippen molar-refractivity contribution in [2.75, 3.05) is 31.1 Å². The molecule has 25 heavy (non-hydrogen) atoms. The molecule has 0 atom stereocenters. The maximum absolute atomic E-state index is 12.4. The highest BCUT2D eigenvalue weighted by Gasteiger charge is 2.23. The summed E-state index contributed by atoms with van der Waals surface area (Å²) >= 11 is 18.6. The van der Waals surface area contributed by atoms with E-state index in [-0.39, 0.29) is 6.03 Å². The third-order valence-corrected chi connectivity index (χ3v) is 5.19. The summed E-state index contributed by atoms with van der Waals surface area (Å²) in [4.78, 5) is 16.3. The average molecular weight is 399 g/mol. The van der Waals surface area contributed by atoms with Crippen LogP contribution in [0.25, 0.3) is 0 Å². The molecule has 2 amide bonds. The summed E-state index contributed by atoms with van der Waals surface area (Å²) in [5, 5.41) is 4.83. The van der Waals surface area contributed by atoms with Crippen LogP contribution < -0.4 is 10.2 Å².